The molecule has 3 rings (SSSR count). The van der Waals surface area contributed by atoms with Gasteiger partial charge in [-0.3, -0.25) is 14.3 Å². The molecular weight excluding hydrogens is 386 g/mol. The largest absolute Gasteiger partial charge is 0.382 e. The van der Waals surface area contributed by atoms with Crippen LogP contribution in [0, 0.1) is 0 Å². The Bertz CT molecular complexity index is 841. The van der Waals surface area contributed by atoms with Crippen LogP contribution in [0.4, 0.5) is 5.95 Å². The second-order valence-electron chi connectivity index (χ2n) is 6.35. The minimum atomic E-state index is -0.672. The molecule has 1 fully saturated rings. The van der Waals surface area contributed by atoms with Crippen molar-refractivity contribution in [2.75, 3.05) is 53.2 Å². The van der Waals surface area contributed by atoms with Gasteiger partial charge in [0, 0.05) is 20.8 Å². The third-order valence-electron chi connectivity index (χ3n) is 4.53. The maximum Gasteiger partial charge on any atom is 0.280 e. The summed E-state index contributed by atoms with van der Waals surface area (Å²) >= 11 is 0. The van der Waals surface area contributed by atoms with Crippen LogP contribution in [0.1, 0.15) is 13.2 Å². The van der Waals surface area contributed by atoms with Crippen LogP contribution in [-0.4, -0.2) is 85.3 Å². The van der Waals surface area contributed by atoms with Gasteiger partial charge >= 0.3 is 0 Å². The molecule has 3 N–H and O–H groups in total. The lowest BCUT2D eigenvalue weighted by atomic mass is 10.1. The molecule has 0 aromatic carbocycles. The van der Waals surface area contributed by atoms with Gasteiger partial charge in [0.15, 0.2) is 17.4 Å². The molecule has 1 aliphatic rings. The summed E-state index contributed by atoms with van der Waals surface area (Å²) in [5.74, 6) is -0.0179. The summed E-state index contributed by atoms with van der Waals surface area (Å²) in [7, 11) is 3.14. The predicted octanol–water partition coefficient (Wildman–Crippen LogP) is -0.344. The maximum absolute atomic E-state index is 12.1. The number of aromatic amines is 1. The van der Waals surface area contributed by atoms with E-state index in [0.717, 1.165) is 0 Å². The number of anilines is 1. The van der Waals surface area contributed by atoms with Crippen molar-refractivity contribution in [3.05, 3.63) is 16.7 Å². The molecule has 1 aliphatic heterocycles. The number of hydrogen-bond acceptors (Lipinski definition) is 10. The Morgan fingerprint density at radius 1 is 1.28 bits per heavy atom. The first-order valence-corrected chi connectivity index (χ1v) is 9.27. The van der Waals surface area contributed by atoms with Gasteiger partial charge in [0.05, 0.1) is 26.1 Å². The minimum absolute atomic E-state index is 0.0138. The Kier molecular flexibility index (Phi) is 7.52. The zero-order valence-electron chi connectivity index (χ0n) is 16.7. The van der Waals surface area contributed by atoms with Crippen LogP contribution in [0.3, 0.4) is 0 Å². The summed E-state index contributed by atoms with van der Waals surface area (Å²) in [5, 5.41) is 0. The molecule has 2 aromatic rings. The van der Waals surface area contributed by atoms with E-state index in [2.05, 4.69) is 15.0 Å². The molecule has 12 nitrogen and oxygen atoms in total. The van der Waals surface area contributed by atoms with Crippen LogP contribution in [0.15, 0.2) is 11.1 Å². The van der Waals surface area contributed by atoms with E-state index in [-0.39, 0.29) is 23.9 Å². The molecule has 162 valence electrons. The summed E-state index contributed by atoms with van der Waals surface area (Å²) in [6.07, 6.45) is -0.612. The fourth-order valence-electron chi connectivity index (χ4n) is 3.27. The Hall–Kier alpha value is -2.09. The molecule has 0 radical (unpaired) electrons. The zero-order valence-corrected chi connectivity index (χ0v) is 16.7. The summed E-state index contributed by atoms with van der Waals surface area (Å²) in [5.41, 5.74) is 5.70. The van der Waals surface area contributed by atoms with Gasteiger partial charge in [0.1, 0.15) is 25.1 Å². The van der Waals surface area contributed by atoms with Crippen molar-refractivity contribution in [2.45, 2.75) is 31.5 Å². The third-order valence-corrected chi connectivity index (χ3v) is 4.53. The van der Waals surface area contributed by atoms with Gasteiger partial charge in [-0.25, -0.2) is 4.98 Å². The molecule has 0 unspecified atom stereocenters. The highest BCUT2D eigenvalue weighted by Gasteiger charge is 2.47. The highest BCUT2D eigenvalue weighted by Crippen LogP contribution is 2.35. The van der Waals surface area contributed by atoms with Gasteiger partial charge in [-0.1, -0.05) is 0 Å². The molecule has 4 atom stereocenters. The van der Waals surface area contributed by atoms with E-state index in [1.807, 2.05) is 6.92 Å². The Morgan fingerprint density at radius 3 is 2.79 bits per heavy atom. The first-order valence-electron chi connectivity index (χ1n) is 9.27. The summed E-state index contributed by atoms with van der Waals surface area (Å²) in [4.78, 5) is 22.8. The van der Waals surface area contributed by atoms with Crippen LogP contribution in [0.5, 0.6) is 0 Å². The van der Waals surface area contributed by atoms with Crippen LogP contribution in [0.2, 0.25) is 0 Å². The number of nitrogen functional groups attached to an aromatic ring is 1. The van der Waals surface area contributed by atoms with E-state index in [9.17, 15) is 4.79 Å². The third kappa shape index (κ3) is 4.74. The van der Waals surface area contributed by atoms with Crippen molar-refractivity contribution in [2.24, 2.45) is 0 Å². The van der Waals surface area contributed by atoms with Crippen LogP contribution in [0.25, 0.3) is 11.2 Å². The number of H-pyrrole nitrogens is 1. The first-order chi connectivity index (χ1) is 14.1. The quantitative estimate of drug-likeness (QED) is 0.370. The second kappa shape index (κ2) is 10.1. The van der Waals surface area contributed by atoms with Gasteiger partial charge < -0.3 is 34.2 Å². The average Bonchev–Trinajstić information content (AvgIpc) is 3.26. The lowest BCUT2D eigenvalue weighted by Crippen LogP contribution is -2.38. The standard InChI is InChI=1S/C17H27N5O7/c1-4-26-5-6-27-9-28-13-12(25-3)10(7-24-2)29-16(13)22-8-19-11-14(22)20-17(18)21-15(11)23/h8,10,12-13,16H,4-7,9H2,1-3H3,(H3,18,20,21,23)/t10-,12-,13-,16-/m1/s1. The van der Waals surface area contributed by atoms with Crippen molar-refractivity contribution >= 4 is 17.1 Å². The number of nitrogens with two attached hydrogens (primary N) is 1. The summed E-state index contributed by atoms with van der Waals surface area (Å²) in [6.45, 7) is 3.71. The minimum Gasteiger partial charge on any atom is -0.382 e. The van der Waals surface area contributed by atoms with E-state index in [1.165, 1.54) is 6.33 Å². The molecule has 0 saturated carbocycles. The predicted molar refractivity (Wildman–Crippen MR) is 101 cm³/mol. The highest BCUT2D eigenvalue weighted by atomic mass is 16.7. The number of ether oxygens (including phenoxy) is 6. The molecule has 12 heteroatoms. The first kappa shape index (κ1) is 21.6. The molecule has 3 heterocycles. The van der Waals surface area contributed by atoms with Crippen LogP contribution >= 0.6 is 0 Å². The Morgan fingerprint density at radius 2 is 2.07 bits per heavy atom. The van der Waals surface area contributed by atoms with E-state index < -0.39 is 30.1 Å². The molecule has 0 amide bonds. The van der Waals surface area contributed by atoms with Crippen molar-refractivity contribution < 1.29 is 28.4 Å². The fourth-order valence-corrected chi connectivity index (χ4v) is 3.27. The van der Waals surface area contributed by atoms with E-state index in [0.29, 0.717) is 26.4 Å². The van der Waals surface area contributed by atoms with E-state index in [4.69, 9.17) is 34.2 Å². The molecule has 2 aromatic heterocycles. The lowest BCUT2D eigenvalue weighted by Gasteiger charge is -2.23. The number of fused-ring (bicyclic) bond motifs is 1. The molecule has 29 heavy (non-hydrogen) atoms. The van der Waals surface area contributed by atoms with E-state index in [1.54, 1.807) is 18.8 Å². The monoisotopic (exact) mass is 413 g/mol. The molecule has 0 bridgehead atoms. The number of nitrogens with zero attached hydrogens (tertiary/aromatic N) is 3. The normalized spacial score (nSPS) is 24.5. The Labute approximate surface area is 167 Å². The average molecular weight is 413 g/mol. The SMILES string of the molecule is CCOCCOCO[C@@H]1[C@H](OC)[C@@H](COC)O[C@H]1n1cnc2c(=O)[nH]c(N)nc21. The molecule has 0 spiro atoms. The summed E-state index contributed by atoms with van der Waals surface area (Å²) < 4.78 is 35.2. The van der Waals surface area contributed by atoms with Gasteiger partial charge in [-0.15, -0.1) is 0 Å². The van der Waals surface area contributed by atoms with Crippen molar-refractivity contribution in [1.29, 1.82) is 0 Å². The van der Waals surface area contributed by atoms with Gasteiger partial charge in [0.2, 0.25) is 5.95 Å². The highest BCUT2D eigenvalue weighted by molar-refractivity contribution is 5.70. The van der Waals surface area contributed by atoms with Gasteiger partial charge in [-0.2, -0.15) is 4.98 Å². The second-order valence-corrected chi connectivity index (χ2v) is 6.35. The molecule has 1 saturated heterocycles. The summed E-state index contributed by atoms with van der Waals surface area (Å²) in [6, 6.07) is 0. The lowest BCUT2D eigenvalue weighted by molar-refractivity contribution is -0.146. The zero-order chi connectivity index (χ0) is 20.8. The number of rotatable bonds is 11. The molecule has 0 aliphatic carbocycles. The van der Waals surface area contributed by atoms with Crippen LogP contribution < -0.4 is 11.3 Å². The van der Waals surface area contributed by atoms with E-state index >= 15 is 0 Å². The maximum atomic E-state index is 12.1. The molecular formula is C17H27N5O7. The topological polar surface area (TPSA) is 145 Å². The van der Waals surface area contributed by atoms with Crippen molar-refractivity contribution in [3.8, 4) is 0 Å². The van der Waals surface area contributed by atoms with Crippen LogP contribution in [-0.2, 0) is 28.4 Å². The fraction of sp³-hybridized carbons (Fsp3) is 0.706. The van der Waals surface area contributed by atoms with Gasteiger partial charge in [0.25, 0.3) is 5.56 Å². The smallest absolute Gasteiger partial charge is 0.280 e. The van der Waals surface area contributed by atoms with Crippen molar-refractivity contribution in [3.63, 3.8) is 0 Å². The number of imidazole rings is 1. The number of nitrogens with one attached hydrogen (secondary N) is 1. The number of hydrogen-bond donors (Lipinski definition) is 2. The van der Waals surface area contributed by atoms with Gasteiger partial charge in [-0.05, 0) is 6.92 Å². The Balaban J connectivity index is 1.83. The van der Waals surface area contributed by atoms with Crippen molar-refractivity contribution in [1.82, 2.24) is 19.5 Å². The number of aromatic nitrogens is 4. The number of methoxy groups -OCH3 is 2.